The highest BCUT2D eigenvalue weighted by Crippen LogP contribution is 2.03. The third-order valence-electron chi connectivity index (χ3n) is 1.89. The van der Waals surface area contributed by atoms with E-state index in [0.29, 0.717) is 0 Å². The summed E-state index contributed by atoms with van der Waals surface area (Å²) in [5, 5.41) is 10.3. The van der Waals surface area contributed by atoms with E-state index >= 15 is 0 Å². The zero-order valence-corrected chi connectivity index (χ0v) is 8.79. The van der Waals surface area contributed by atoms with Gasteiger partial charge in [-0.3, -0.25) is 0 Å². The van der Waals surface area contributed by atoms with Gasteiger partial charge >= 0.3 is 0 Å². The molecule has 14 heavy (non-hydrogen) atoms. The molecular formula is C10H17N3O. The molecule has 1 heterocycles. The summed E-state index contributed by atoms with van der Waals surface area (Å²) in [6, 6.07) is 0. The van der Waals surface area contributed by atoms with Crippen molar-refractivity contribution in [2.75, 3.05) is 6.61 Å². The molecule has 0 radical (unpaired) electrons. The fourth-order valence-corrected chi connectivity index (χ4v) is 1.11. The van der Waals surface area contributed by atoms with Gasteiger partial charge in [0.15, 0.2) is 0 Å². The molecule has 0 fully saturated rings. The topological polar surface area (TPSA) is 50.8 Å². The maximum atomic E-state index is 5.58. The molecule has 4 nitrogen and oxygen atoms in total. The summed E-state index contributed by atoms with van der Waals surface area (Å²) in [6.45, 7) is 8.59. The van der Waals surface area contributed by atoms with Gasteiger partial charge in [-0.2, -0.15) is 15.4 Å². The number of hydrogen-bond donors (Lipinski definition) is 1. The quantitative estimate of drug-likeness (QED) is 0.703. The molecule has 1 unspecified atom stereocenters. The van der Waals surface area contributed by atoms with Gasteiger partial charge in [-0.05, 0) is 20.3 Å². The Morgan fingerprint density at radius 3 is 3.07 bits per heavy atom. The predicted octanol–water partition coefficient (Wildman–Crippen LogP) is 1.72. The van der Waals surface area contributed by atoms with Crippen LogP contribution in [0.4, 0.5) is 0 Å². The molecule has 0 amide bonds. The Hall–Kier alpha value is -1.16. The summed E-state index contributed by atoms with van der Waals surface area (Å²) in [4.78, 5) is 0. The lowest BCUT2D eigenvalue weighted by Crippen LogP contribution is -2.12. The SMILES string of the molecule is C=C(C)CCOC(C)Cc1cn[nH]n1. The van der Waals surface area contributed by atoms with Crippen LogP contribution in [-0.2, 0) is 11.2 Å². The van der Waals surface area contributed by atoms with Gasteiger partial charge in [-0.25, -0.2) is 0 Å². The average Bonchev–Trinajstić information content (AvgIpc) is 2.56. The third-order valence-corrected chi connectivity index (χ3v) is 1.89. The number of aromatic nitrogens is 3. The van der Waals surface area contributed by atoms with Crippen molar-refractivity contribution in [3.8, 4) is 0 Å². The zero-order chi connectivity index (χ0) is 10.4. The molecule has 0 aliphatic heterocycles. The van der Waals surface area contributed by atoms with E-state index in [1.54, 1.807) is 6.20 Å². The van der Waals surface area contributed by atoms with E-state index in [4.69, 9.17) is 4.74 Å². The number of hydrogen-bond acceptors (Lipinski definition) is 3. The highest BCUT2D eigenvalue weighted by Gasteiger charge is 2.05. The molecule has 0 aliphatic carbocycles. The van der Waals surface area contributed by atoms with Crippen molar-refractivity contribution in [1.29, 1.82) is 0 Å². The van der Waals surface area contributed by atoms with Crippen LogP contribution in [0.5, 0.6) is 0 Å². The fraction of sp³-hybridized carbons (Fsp3) is 0.600. The van der Waals surface area contributed by atoms with Crippen LogP contribution >= 0.6 is 0 Å². The maximum Gasteiger partial charge on any atom is 0.0850 e. The van der Waals surface area contributed by atoms with Crippen LogP contribution in [0.1, 0.15) is 26.0 Å². The molecule has 1 rings (SSSR count). The van der Waals surface area contributed by atoms with Gasteiger partial charge in [-0.1, -0.05) is 5.57 Å². The summed E-state index contributed by atoms with van der Waals surface area (Å²) in [6.07, 6.45) is 3.62. The summed E-state index contributed by atoms with van der Waals surface area (Å²) >= 11 is 0. The first-order chi connectivity index (χ1) is 6.68. The molecule has 0 saturated carbocycles. The van der Waals surface area contributed by atoms with Crippen molar-refractivity contribution in [1.82, 2.24) is 15.4 Å². The van der Waals surface area contributed by atoms with Crippen LogP contribution in [0, 0.1) is 0 Å². The normalized spacial score (nSPS) is 12.7. The molecule has 0 saturated heterocycles. The summed E-state index contributed by atoms with van der Waals surface area (Å²) in [5.74, 6) is 0. The van der Waals surface area contributed by atoms with E-state index < -0.39 is 0 Å². The second-order valence-corrected chi connectivity index (χ2v) is 3.55. The Morgan fingerprint density at radius 1 is 1.71 bits per heavy atom. The van der Waals surface area contributed by atoms with Crippen LogP contribution in [0.25, 0.3) is 0 Å². The van der Waals surface area contributed by atoms with Gasteiger partial charge in [-0.15, -0.1) is 6.58 Å². The van der Waals surface area contributed by atoms with Crippen LogP contribution in [-0.4, -0.2) is 28.1 Å². The minimum absolute atomic E-state index is 0.180. The van der Waals surface area contributed by atoms with Crippen molar-refractivity contribution < 1.29 is 4.74 Å². The molecule has 0 aliphatic rings. The lowest BCUT2D eigenvalue weighted by atomic mass is 10.2. The van der Waals surface area contributed by atoms with E-state index in [1.165, 1.54) is 0 Å². The average molecular weight is 195 g/mol. The fourth-order valence-electron chi connectivity index (χ4n) is 1.11. The molecule has 1 N–H and O–H groups in total. The van der Waals surface area contributed by atoms with E-state index in [-0.39, 0.29) is 6.10 Å². The van der Waals surface area contributed by atoms with Gasteiger partial charge in [0.05, 0.1) is 24.6 Å². The number of ether oxygens (including phenoxy) is 1. The Bertz CT molecular complexity index is 269. The van der Waals surface area contributed by atoms with E-state index in [1.807, 2.05) is 13.8 Å². The summed E-state index contributed by atoms with van der Waals surface area (Å²) < 4.78 is 5.58. The predicted molar refractivity (Wildman–Crippen MR) is 54.9 cm³/mol. The lowest BCUT2D eigenvalue weighted by Gasteiger charge is -2.10. The molecule has 1 atom stereocenters. The van der Waals surface area contributed by atoms with Crippen molar-refractivity contribution in [2.45, 2.75) is 32.8 Å². The number of nitrogens with one attached hydrogen (secondary N) is 1. The van der Waals surface area contributed by atoms with Gasteiger partial charge in [0.1, 0.15) is 0 Å². The zero-order valence-electron chi connectivity index (χ0n) is 8.79. The largest absolute Gasteiger partial charge is 0.378 e. The van der Waals surface area contributed by atoms with Crippen LogP contribution in [0.15, 0.2) is 18.3 Å². The number of rotatable bonds is 6. The Balaban J connectivity index is 2.16. The first-order valence-corrected chi connectivity index (χ1v) is 4.79. The summed E-state index contributed by atoms with van der Waals surface area (Å²) in [5.41, 5.74) is 2.09. The van der Waals surface area contributed by atoms with Crippen molar-refractivity contribution in [2.24, 2.45) is 0 Å². The molecule has 0 spiro atoms. The van der Waals surface area contributed by atoms with Crippen LogP contribution in [0.3, 0.4) is 0 Å². The first kappa shape index (κ1) is 10.9. The molecule has 1 aromatic rings. The number of H-pyrrole nitrogens is 1. The number of nitrogens with zero attached hydrogens (tertiary/aromatic N) is 2. The Morgan fingerprint density at radius 2 is 2.50 bits per heavy atom. The highest BCUT2D eigenvalue weighted by atomic mass is 16.5. The monoisotopic (exact) mass is 195 g/mol. The maximum absolute atomic E-state index is 5.58. The molecule has 1 aromatic heterocycles. The summed E-state index contributed by atoms with van der Waals surface area (Å²) in [7, 11) is 0. The molecule has 78 valence electrons. The lowest BCUT2D eigenvalue weighted by molar-refractivity contribution is 0.0681. The van der Waals surface area contributed by atoms with Gasteiger partial charge < -0.3 is 4.74 Å². The van der Waals surface area contributed by atoms with E-state index in [9.17, 15) is 0 Å². The van der Waals surface area contributed by atoms with Gasteiger partial charge in [0, 0.05) is 6.42 Å². The Labute approximate surface area is 84.4 Å². The van der Waals surface area contributed by atoms with Gasteiger partial charge in [0.2, 0.25) is 0 Å². The minimum atomic E-state index is 0.180. The second kappa shape index (κ2) is 5.54. The van der Waals surface area contributed by atoms with E-state index in [0.717, 1.165) is 30.7 Å². The second-order valence-electron chi connectivity index (χ2n) is 3.55. The smallest absolute Gasteiger partial charge is 0.0850 e. The first-order valence-electron chi connectivity index (χ1n) is 4.79. The number of aromatic amines is 1. The minimum Gasteiger partial charge on any atom is -0.378 e. The van der Waals surface area contributed by atoms with Crippen molar-refractivity contribution in [3.05, 3.63) is 24.0 Å². The van der Waals surface area contributed by atoms with Gasteiger partial charge in [0.25, 0.3) is 0 Å². The third kappa shape index (κ3) is 4.18. The molecule has 0 aromatic carbocycles. The van der Waals surface area contributed by atoms with Crippen molar-refractivity contribution in [3.63, 3.8) is 0 Å². The Kier molecular flexibility index (Phi) is 4.32. The standard InChI is InChI=1S/C10H17N3O/c1-8(2)4-5-14-9(3)6-10-7-11-13-12-10/h7,9H,1,4-6H2,2-3H3,(H,11,12,13). The van der Waals surface area contributed by atoms with Crippen molar-refractivity contribution >= 4 is 0 Å². The highest BCUT2D eigenvalue weighted by molar-refractivity contribution is 4.92. The molecule has 0 bridgehead atoms. The molecular weight excluding hydrogens is 178 g/mol. The van der Waals surface area contributed by atoms with E-state index in [2.05, 4.69) is 22.0 Å². The molecule has 4 heteroatoms. The van der Waals surface area contributed by atoms with Crippen LogP contribution in [0.2, 0.25) is 0 Å². The van der Waals surface area contributed by atoms with Crippen LogP contribution < -0.4 is 0 Å².